The monoisotopic (exact) mass is 167 g/mol. The summed E-state index contributed by atoms with van der Waals surface area (Å²) in [6.07, 6.45) is 4.94. The number of hydrogen-bond acceptors (Lipinski definition) is 1. The molecule has 2 heteroatoms. The van der Waals surface area contributed by atoms with Crippen LogP contribution in [0.2, 0.25) is 0 Å². The average Bonchev–Trinajstić information content (AvgIpc) is 2.07. The molecule has 1 rings (SSSR count). The Morgan fingerprint density at radius 3 is 2.83 bits per heavy atom. The lowest BCUT2D eigenvalue weighted by Gasteiger charge is -2.00. The van der Waals surface area contributed by atoms with Gasteiger partial charge in [0.05, 0.1) is 0 Å². The fourth-order valence-corrected chi connectivity index (χ4v) is 1.13. The summed E-state index contributed by atoms with van der Waals surface area (Å²) in [5.41, 5.74) is 1.78. The molecule has 0 aliphatic carbocycles. The average molecular weight is 167 g/mol. The Labute approximate surface area is 72.6 Å². The van der Waals surface area contributed by atoms with Crippen LogP contribution in [0.25, 0.3) is 0 Å². The second-order valence-electron chi connectivity index (χ2n) is 3.05. The van der Waals surface area contributed by atoms with Crippen LogP contribution in [-0.4, -0.2) is 4.98 Å². The van der Waals surface area contributed by atoms with Crippen molar-refractivity contribution in [3.8, 4) is 0 Å². The number of unbranched alkanes of at least 4 members (excludes halogenated alkanes) is 1. The molecular weight excluding hydrogens is 153 g/mol. The Balaban J connectivity index is 2.69. The van der Waals surface area contributed by atoms with Crippen LogP contribution in [0.1, 0.15) is 30.9 Å². The quantitative estimate of drug-likeness (QED) is 0.631. The van der Waals surface area contributed by atoms with E-state index in [2.05, 4.69) is 11.9 Å². The van der Waals surface area contributed by atoms with Gasteiger partial charge in [0.1, 0.15) is 0 Å². The SMILES string of the molecule is CCCCc1cnc(F)c(C)c1. The van der Waals surface area contributed by atoms with E-state index in [0.717, 1.165) is 24.8 Å². The van der Waals surface area contributed by atoms with Gasteiger partial charge in [0, 0.05) is 11.8 Å². The van der Waals surface area contributed by atoms with Gasteiger partial charge in [0.25, 0.3) is 0 Å². The third-order valence-electron chi connectivity index (χ3n) is 1.89. The minimum atomic E-state index is -0.352. The van der Waals surface area contributed by atoms with E-state index in [9.17, 15) is 4.39 Å². The van der Waals surface area contributed by atoms with Crippen molar-refractivity contribution < 1.29 is 4.39 Å². The first-order valence-corrected chi connectivity index (χ1v) is 4.35. The zero-order chi connectivity index (χ0) is 8.97. The molecule has 0 saturated carbocycles. The second kappa shape index (κ2) is 4.19. The minimum absolute atomic E-state index is 0.352. The van der Waals surface area contributed by atoms with E-state index in [0.29, 0.717) is 5.56 Å². The Hall–Kier alpha value is -0.920. The molecule has 0 aliphatic rings. The molecule has 0 unspecified atom stereocenters. The lowest BCUT2D eigenvalue weighted by atomic mass is 10.1. The lowest BCUT2D eigenvalue weighted by molar-refractivity contribution is 0.572. The van der Waals surface area contributed by atoms with Crippen molar-refractivity contribution in [2.75, 3.05) is 0 Å². The van der Waals surface area contributed by atoms with Gasteiger partial charge in [-0.3, -0.25) is 0 Å². The highest BCUT2D eigenvalue weighted by molar-refractivity contribution is 5.17. The molecule has 0 atom stereocenters. The normalized spacial score (nSPS) is 10.2. The fourth-order valence-electron chi connectivity index (χ4n) is 1.13. The van der Waals surface area contributed by atoms with E-state index in [1.54, 1.807) is 13.1 Å². The van der Waals surface area contributed by atoms with Gasteiger partial charge in [-0.15, -0.1) is 0 Å². The fraction of sp³-hybridized carbons (Fsp3) is 0.500. The van der Waals surface area contributed by atoms with E-state index in [1.807, 2.05) is 6.07 Å². The first kappa shape index (κ1) is 9.17. The molecule has 66 valence electrons. The number of nitrogens with zero attached hydrogens (tertiary/aromatic N) is 1. The molecule has 0 aliphatic heterocycles. The van der Waals surface area contributed by atoms with Crippen LogP contribution in [-0.2, 0) is 6.42 Å². The van der Waals surface area contributed by atoms with Gasteiger partial charge in [-0.1, -0.05) is 19.4 Å². The first-order chi connectivity index (χ1) is 5.74. The van der Waals surface area contributed by atoms with Crippen molar-refractivity contribution in [2.45, 2.75) is 33.1 Å². The van der Waals surface area contributed by atoms with Gasteiger partial charge in [0.2, 0.25) is 5.95 Å². The summed E-state index contributed by atoms with van der Waals surface area (Å²) in [7, 11) is 0. The third-order valence-corrected chi connectivity index (χ3v) is 1.89. The molecule has 1 nitrogen and oxygen atoms in total. The standard InChI is InChI=1S/C10H14FN/c1-3-4-5-9-6-8(2)10(11)12-7-9/h6-7H,3-5H2,1-2H3. The van der Waals surface area contributed by atoms with Gasteiger partial charge in [0.15, 0.2) is 0 Å². The predicted molar refractivity (Wildman–Crippen MR) is 47.5 cm³/mol. The summed E-state index contributed by atoms with van der Waals surface area (Å²) in [5.74, 6) is -0.352. The zero-order valence-electron chi connectivity index (χ0n) is 7.60. The van der Waals surface area contributed by atoms with Gasteiger partial charge in [-0.2, -0.15) is 4.39 Å². The summed E-state index contributed by atoms with van der Waals surface area (Å²) in [6, 6.07) is 1.87. The van der Waals surface area contributed by atoms with Crippen molar-refractivity contribution >= 4 is 0 Å². The molecular formula is C10H14FN. The summed E-state index contributed by atoms with van der Waals surface area (Å²) < 4.78 is 12.7. The van der Waals surface area contributed by atoms with Gasteiger partial charge in [-0.25, -0.2) is 4.98 Å². The second-order valence-corrected chi connectivity index (χ2v) is 3.05. The summed E-state index contributed by atoms with van der Waals surface area (Å²) in [6.45, 7) is 3.89. The van der Waals surface area contributed by atoms with Crippen LogP contribution in [0.4, 0.5) is 4.39 Å². The van der Waals surface area contributed by atoms with E-state index < -0.39 is 0 Å². The highest BCUT2D eigenvalue weighted by Crippen LogP contribution is 2.08. The summed E-state index contributed by atoms with van der Waals surface area (Å²) >= 11 is 0. The molecule has 0 saturated heterocycles. The van der Waals surface area contributed by atoms with Crippen LogP contribution >= 0.6 is 0 Å². The lowest BCUT2D eigenvalue weighted by Crippen LogP contribution is -1.92. The van der Waals surface area contributed by atoms with Crippen LogP contribution in [0.15, 0.2) is 12.3 Å². The number of hydrogen-bond donors (Lipinski definition) is 0. The van der Waals surface area contributed by atoms with Crippen molar-refractivity contribution in [2.24, 2.45) is 0 Å². The number of aromatic nitrogens is 1. The predicted octanol–water partition coefficient (Wildman–Crippen LogP) is 2.87. The van der Waals surface area contributed by atoms with Crippen molar-refractivity contribution in [3.63, 3.8) is 0 Å². The van der Waals surface area contributed by atoms with Crippen LogP contribution in [0, 0.1) is 12.9 Å². The summed E-state index contributed by atoms with van der Waals surface area (Å²) in [4.78, 5) is 3.66. The van der Waals surface area contributed by atoms with Crippen molar-refractivity contribution in [1.29, 1.82) is 0 Å². The molecule has 0 fully saturated rings. The number of halogens is 1. The Morgan fingerprint density at radius 1 is 1.50 bits per heavy atom. The van der Waals surface area contributed by atoms with Gasteiger partial charge in [-0.05, 0) is 25.3 Å². The Bertz CT molecular complexity index is 258. The molecule has 0 bridgehead atoms. The zero-order valence-corrected chi connectivity index (χ0v) is 7.60. The molecule has 0 aromatic carbocycles. The Morgan fingerprint density at radius 2 is 2.25 bits per heavy atom. The topological polar surface area (TPSA) is 12.9 Å². The first-order valence-electron chi connectivity index (χ1n) is 4.35. The van der Waals surface area contributed by atoms with Crippen LogP contribution in [0.3, 0.4) is 0 Å². The van der Waals surface area contributed by atoms with Gasteiger partial charge >= 0.3 is 0 Å². The molecule has 1 aromatic rings. The molecule has 0 spiro atoms. The third kappa shape index (κ3) is 2.29. The largest absolute Gasteiger partial charge is 0.228 e. The molecule has 1 heterocycles. The van der Waals surface area contributed by atoms with Crippen molar-refractivity contribution in [1.82, 2.24) is 4.98 Å². The smallest absolute Gasteiger partial charge is 0.215 e. The van der Waals surface area contributed by atoms with Crippen LogP contribution < -0.4 is 0 Å². The molecule has 0 N–H and O–H groups in total. The number of pyridine rings is 1. The number of aryl methyl sites for hydroxylation is 2. The van der Waals surface area contributed by atoms with E-state index in [-0.39, 0.29) is 5.95 Å². The molecule has 0 amide bonds. The molecule has 1 aromatic heterocycles. The molecule has 12 heavy (non-hydrogen) atoms. The maximum Gasteiger partial charge on any atom is 0.215 e. The maximum atomic E-state index is 12.7. The summed E-state index contributed by atoms with van der Waals surface area (Å²) in [5, 5.41) is 0. The van der Waals surface area contributed by atoms with Crippen molar-refractivity contribution in [3.05, 3.63) is 29.3 Å². The van der Waals surface area contributed by atoms with Crippen LogP contribution in [0.5, 0.6) is 0 Å². The Kier molecular flexibility index (Phi) is 3.20. The highest BCUT2D eigenvalue weighted by atomic mass is 19.1. The van der Waals surface area contributed by atoms with E-state index >= 15 is 0 Å². The molecule has 0 radical (unpaired) electrons. The maximum absolute atomic E-state index is 12.7. The highest BCUT2D eigenvalue weighted by Gasteiger charge is 1.99. The van der Waals surface area contributed by atoms with E-state index in [1.165, 1.54) is 0 Å². The van der Waals surface area contributed by atoms with Gasteiger partial charge < -0.3 is 0 Å². The minimum Gasteiger partial charge on any atom is -0.228 e. The number of rotatable bonds is 3. The van der Waals surface area contributed by atoms with E-state index in [4.69, 9.17) is 0 Å².